The van der Waals surface area contributed by atoms with E-state index in [4.69, 9.17) is 33.0 Å². The topological polar surface area (TPSA) is 83.0 Å². The molecule has 8 rings (SSSR count). The number of alkyl halides is 1. The Labute approximate surface area is 318 Å². The summed E-state index contributed by atoms with van der Waals surface area (Å²) in [6.07, 6.45) is 8.44. The van der Waals surface area contributed by atoms with Gasteiger partial charge in [-0.3, -0.25) is 14.4 Å². The van der Waals surface area contributed by atoms with Gasteiger partial charge in [-0.25, -0.2) is 9.97 Å². The number of benzene rings is 3. The van der Waals surface area contributed by atoms with E-state index in [1.54, 1.807) is 17.3 Å². The molecule has 0 aliphatic carbocycles. The lowest BCUT2D eigenvalue weighted by Gasteiger charge is -2.38. The average Bonchev–Trinajstić information content (AvgIpc) is 3.75. The van der Waals surface area contributed by atoms with Gasteiger partial charge in [0.25, 0.3) is 5.91 Å². The summed E-state index contributed by atoms with van der Waals surface area (Å²) in [5.74, 6) is 0.655. The zero-order chi connectivity index (χ0) is 37.3. The number of nitrogens with zero attached hydrogens (tertiary/aromatic N) is 7. The number of ether oxygens (including phenoxy) is 1. The lowest BCUT2D eigenvalue weighted by Crippen LogP contribution is -2.47. The van der Waals surface area contributed by atoms with Crippen LogP contribution < -0.4 is 9.64 Å². The Morgan fingerprint density at radius 1 is 0.925 bits per heavy atom. The van der Waals surface area contributed by atoms with Crippen LogP contribution in [0.25, 0.3) is 44.1 Å². The van der Waals surface area contributed by atoms with E-state index in [1.807, 2.05) is 62.4 Å². The number of anilines is 1. The Balaban J connectivity index is 1.27. The molecule has 5 heterocycles. The summed E-state index contributed by atoms with van der Waals surface area (Å²) < 4.78 is 12.4. The van der Waals surface area contributed by atoms with Crippen molar-refractivity contribution in [2.75, 3.05) is 11.5 Å². The first kappa shape index (κ1) is 34.9. The molecule has 4 aromatic heterocycles. The molecule has 1 unspecified atom stereocenters. The Bertz CT molecular complexity index is 2540. The van der Waals surface area contributed by atoms with Crippen molar-refractivity contribution < 1.29 is 9.53 Å². The van der Waals surface area contributed by atoms with Crippen LogP contribution in [0, 0.1) is 27.7 Å². The second-order valence-electron chi connectivity index (χ2n) is 14.2. The molecule has 0 radical (unpaired) electrons. The van der Waals surface area contributed by atoms with Crippen molar-refractivity contribution in [2.24, 2.45) is 14.1 Å². The van der Waals surface area contributed by atoms with E-state index >= 15 is 4.79 Å². The first-order valence-corrected chi connectivity index (χ1v) is 18.7. The van der Waals surface area contributed by atoms with Crippen LogP contribution in [0.2, 0.25) is 5.02 Å². The van der Waals surface area contributed by atoms with Gasteiger partial charge in [-0.15, -0.1) is 0 Å². The first-order chi connectivity index (χ1) is 25.5. The quantitative estimate of drug-likeness (QED) is 0.0879. The third kappa shape index (κ3) is 5.68. The van der Waals surface area contributed by atoms with Crippen molar-refractivity contribution >= 4 is 56.6 Å². The van der Waals surface area contributed by atoms with E-state index in [0.717, 1.165) is 88.6 Å². The number of hydrogen-bond donors (Lipinski definition) is 0. The number of carbonyl (C=O) groups is 1. The molecule has 1 amide bonds. The highest BCUT2D eigenvalue weighted by atomic mass is 35.5. The van der Waals surface area contributed by atoms with Crippen molar-refractivity contribution in [3.63, 3.8) is 0 Å². The van der Waals surface area contributed by atoms with Crippen LogP contribution in [0.4, 0.5) is 5.69 Å². The third-order valence-electron chi connectivity index (χ3n) is 10.8. The van der Waals surface area contributed by atoms with Gasteiger partial charge in [-0.1, -0.05) is 47.5 Å². The molecule has 0 saturated heterocycles. The molecule has 0 saturated carbocycles. The second-order valence-corrected chi connectivity index (χ2v) is 15.0. The number of halogens is 2. The lowest BCUT2D eigenvalue weighted by molar-refractivity contribution is 0.0951. The minimum atomic E-state index is -0.670. The van der Waals surface area contributed by atoms with E-state index in [0.29, 0.717) is 25.1 Å². The van der Waals surface area contributed by atoms with Crippen LogP contribution in [-0.4, -0.2) is 46.9 Å². The van der Waals surface area contributed by atoms with Gasteiger partial charge in [-0.2, -0.15) is 5.10 Å². The zero-order valence-corrected chi connectivity index (χ0v) is 32.4. The first-order valence-electron chi connectivity index (χ1n) is 17.8. The standard InChI is InChI=1S/C42H41Cl2N7O2/c1-23-16-30(17-24(2)38(23)43)53-15-9-12-32-31-10-8-11-33(37-25(3)47-49(7)26(37)4)39(31)50-27(5)41(44)51(42(52)40(32)50)36-21-48(6)35-14-13-28(18-34(35)36)29-19-45-22-46-20-29/h8,10-11,13-14,16-22,27,41H,9,12,15H2,1-7H3/t27?,41-/m0/s1. The maximum Gasteiger partial charge on any atom is 0.276 e. The van der Waals surface area contributed by atoms with Gasteiger partial charge in [0.1, 0.15) is 23.3 Å². The largest absolute Gasteiger partial charge is 0.494 e. The zero-order valence-electron chi connectivity index (χ0n) is 30.9. The maximum absolute atomic E-state index is 15.2. The van der Waals surface area contributed by atoms with Crippen LogP contribution in [0.15, 0.2) is 73.4 Å². The fourth-order valence-corrected chi connectivity index (χ4v) is 8.53. The van der Waals surface area contributed by atoms with Gasteiger partial charge in [0.2, 0.25) is 0 Å². The van der Waals surface area contributed by atoms with Crippen LogP contribution >= 0.6 is 23.2 Å². The van der Waals surface area contributed by atoms with Crippen LogP contribution in [0.1, 0.15) is 58.0 Å². The van der Waals surface area contributed by atoms with Crippen LogP contribution in [0.3, 0.4) is 0 Å². The van der Waals surface area contributed by atoms with Gasteiger partial charge < -0.3 is 13.9 Å². The molecule has 1 aliphatic heterocycles. The molecule has 0 spiro atoms. The number of hydrogen-bond acceptors (Lipinski definition) is 5. The average molecular weight is 747 g/mol. The Hall–Kier alpha value is -5.12. The number of para-hydroxylation sites is 1. The second kappa shape index (κ2) is 13.4. The summed E-state index contributed by atoms with van der Waals surface area (Å²) in [5.41, 5.74) is 11.6. The summed E-state index contributed by atoms with van der Waals surface area (Å²) in [6, 6.07) is 16.2. The molecule has 0 fully saturated rings. The van der Waals surface area contributed by atoms with E-state index in [2.05, 4.69) is 64.8 Å². The number of aromatic nitrogens is 6. The van der Waals surface area contributed by atoms with Crippen molar-refractivity contribution in [2.45, 2.75) is 59.0 Å². The minimum Gasteiger partial charge on any atom is -0.494 e. The number of rotatable bonds is 8. The highest BCUT2D eigenvalue weighted by Gasteiger charge is 2.42. The third-order valence-corrected chi connectivity index (χ3v) is 11.9. The molecule has 2 atom stereocenters. The summed E-state index contributed by atoms with van der Waals surface area (Å²) in [7, 11) is 3.96. The van der Waals surface area contributed by atoms with Crippen molar-refractivity contribution in [1.29, 1.82) is 0 Å². The van der Waals surface area contributed by atoms with Crippen molar-refractivity contribution in [3.05, 3.63) is 112 Å². The Morgan fingerprint density at radius 2 is 1.66 bits per heavy atom. The van der Waals surface area contributed by atoms with E-state index < -0.39 is 5.50 Å². The molecular formula is C42H41Cl2N7O2. The van der Waals surface area contributed by atoms with Gasteiger partial charge >= 0.3 is 0 Å². The summed E-state index contributed by atoms with van der Waals surface area (Å²) in [5, 5.41) is 7.47. The number of aryl methyl sites for hydroxylation is 6. The summed E-state index contributed by atoms with van der Waals surface area (Å²) in [4.78, 5) is 25.5. The summed E-state index contributed by atoms with van der Waals surface area (Å²) >= 11 is 13.9. The van der Waals surface area contributed by atoms with Gasteiger partial charge in [-0.05, 0) is 94.0 Å². The Kier molecular flexibility index (Phi) is 8.82. The van der Waals surface area contributed by atoms with Crippen molar-refractivity contribution in [3.8, 4) is 28.0 Å². The molecule has 3 aromatic carbocycles. The predicted molar refractivity (Wildman–Crippen MR) is 213 cm³/mol. The predicted octanol–water partition coefficient (Wildman–Crippen LogP) is 9.68. The number of carbonyl (C=O) groups excluding carboxylic acids is 1. The highest BCUT2D eigenvalue weighted by molar-refractivity contribution is 6.32. The van der Waals surface area contributed by atoms with E-state index in [1.165, 1.54) is 6.33 Å². The molecular weight excluding hydrogens is 705 g/mol. The smallest absolute Gasteiger partial charge is 0.276 e. The molecule has 7 aromatic rings. The number of fused-ring (bicyclic) bond motifs is 4. The fraction of sp³-hybridized carbons (Fsp3) is 0.286. The van der Waals surface area contributed by atoms with Gasteiger partial charge in [0.15, 0.2) is 0 Å². The van der Waals surface area contributed by atoms with Crippen LogP contribution in [-0.2, 0) is 20.5 Å². The molecule has 270 valence electrons. The minimum absolute atomic E-state index is 0.134. The Morgan fingerprint density at radius 3 is 2.36 bits per heavy atom. The highest BCUT2D eigenvalue weighted by Crippen LogP contribution is 2.46. The van der Waals surface area contributed by atoms with Gasteiger partial charge in [0.05, 0.1) is 29.5 Å². The molecule has 0 bridgehead atoms. The van der Waals surface area contributed by atoms with E-state index in [-0.39, 0.29) is 11.9 Å². The van der Waals surface area contributed by atoms with Crippen LogP contribution in [0.5, 0.6) is 5.75 Å². The maximum atomic E-state index is 15.2. The molecule has 11 heteroatoms. The monoisotopic (exact) mass is 745 g/mol. The molecule has 9 nitrogen and oxygen atoms in total. The fourth-order valence-electron chi connectivity index (χ4n) is 8.12. The van der Waals surface area contributed by atoms with Gasteiger partial charge in [0, 0.05) is 76.4 Å². The normalized spacial score (nSPS) is 15.9. The lowest BCUT2D eigenvalue weighted by atomic mass is 9.98. The molecule has 53 heavy (non-hydrogen) atoms. The van der Waals surface area contributed by atoms with Crippen molar-refractivity contribution in [1.82, 2.24) is 28.9 Å². The summed E-state index contributed by atoms with van der Waals surface area (Å²) in [6.45, 7) is 10.7. The van der Waals surface area contributed by atoms with E-state index in [9.17, 15) is 0 Å². The molecule has 0 N–H and O–H groups in total. The number of amides is 1. The molecule has 1 aliphatic rings. The SMILES string of the molecule is Cc1cc(OCCCc2c3n(c4c(-c5c(C)nn(C)c5C)cccc24)C(C)[C@@H](Cl)N(c2cn(C)c4ccc(-c5cncnc5)cc24)C3=O)cc(C)c1Cl.